The van der Waals surface area contributed by atoms with Gasteiger partial charge >= 0.3 is 0 Å². The van der Waals surface area contributed by atoms with Crippen LogP contribution in [0.1, 0.15) is 12.8 Å². The lowest BCUT2D eigenvalue weighted by atomic mass is 10.0. The molecular weight excluding hydrogens is 306 g/mol. The maximum Gasteiger partial charge on any atom is 0.274 e. The maximum absolute atomic E-state index is 12.3. The molecule has 1 fully saturated rings. The summed E-state index contributed by atoms with van der Waals surface area (Å²) in [5, 5.41) is 11.0. The normalized spacial score (nSPS) is 21.9. The topological polar surface area (TPSA) is 138 Å². The lowest BCUT2D eigenvalue weighted by Gasteiger charge is -2.31. The van der Waals surface area contributed by atoms with Gasteiger partial charge in [-0.25, -0.2) is 18.3 Å². The van der Waals surface area contributed by atoms with E-state index in [1.54, 1.807) is 0 Å². The molecule has 11 heteroatoms. The molecule has 1 aliphatic rings. The maximum atomic E-state index is 12.3. The van der Waals surface area contributed by atoms with Crippen molar-refractivity contribution in [2.24, 2.45) is 11.1 Å². The average molecular weight is 323 g/mol. The summed E-state index contributed by atoms with van der Waals surface area (Å²) >= 11 is 0. The zero-order valence-electron chi connectivity index (χ0n) is 10.7. The molecule has 0 bridgehead atoms. The molecule has 0 saturated carbocycles. The second-order valence-corrected chi connectivity index (χ2v) is 8.02. The van der Waals surface area contributed by atoms with Crippen LogP contribution >= 0.6 is 0 Å². The molecule has 1 saturated heterocycles. The van der Waals surface area contributed by atoms with Crippen LogP contribution in [-0.2, 0) is 20.2 Å². The number of hydrogen-bond acceptors (Lipinski definition) is 5. The minimum atomic E-state index is -3.75. The van der Waals surface area contributed by atoms with E-state index in [1.807, 2.05) is 0 Å². The van der Waals surface area contributed by atoms with Gasteiger partial charge in [0.2, 0.25) is 10.0 Å². The van der Waals surface area contributed by atoms with Crippen molar-refractivity contribution in [3.05, 3.63) is 12.4 Å². The number of piperidine rings is 1. The van der Waals surface area contributed by atoms with Gasteiger partial charge in [-0.3, -0.25) is 5.10 Å². The Morgan fingerprint density at radius 1 is 1.45 bits per heavy atom. The molecule has 0 aromatic carbocycles. The largest absolute Gasteiger partial charge is 0.284 e. The van der Waals surface area contributed by atoms with E-state index in [2.05, 4.69) is 14.9 Å². The molecule has 2 rings (SSSR count). The molecule has 1 aromatic rings. The number of rotatable bonds is 5. The fourth-order valence-electron chi connectivity index (χ4n) is 2.17. The molecule has 0 spiro atoms. The first-order valence-corrected chi connectivity index (χ1v) is 9.04. The van der Waals surface area contributed by atoms with E-state index >= 15 is 0 Å². The number of nitrogens with zero attached hydrogens (tertiary/aromatic N) is 2. The SMILES string of the molecule is NS(=O)(=O)NCC1CCCN(S(=O)(=O)c2cn[nH]c2)C1. The molecule has 1 aliphatic heterocycles. The van der Waals surface area contributed by atoms with Gasteiger partial charge in [0.05, 0.1) is 6.20 Å². The summed E-state index contributed by atoms with van der Waals surface area (Å²) in [5.41, 5.74) is 0. The van der Waals surface area contributed by atoms with Crippen LogP contribution in [0.3, 0.4) is 0 Å². The summed E-state index contributed by atoms with van der Waals surface area (Å²) < 4.78 is 49.9. The first-order valence-electron chi connectivity index (χ1n) is 6.05. The Bertz CT molecular complexity index is 640. The number of hydrogen-bond donors (Lipinski definition) is 3. The van der Waals surface area contributed by atoms with Gasteiger partial charge in [-0.2, -0.15) is 17.8 Å². The van der Waals surface area contributed by atoms with Crippen LogP contribution in [0.5, 0.6) is 0 Å². The average Bonchev–Trinajstić information content (AvgIpc) is 2.90. The zero-order valence-corrected chi connectivity index (χ0v) is 12.3. The predicted molar refractivity (Wildman–Crippen MR) is 71.2 cm³/mol. The lowest BCUT2D eigenvalue weighted by Crippen LogP contribution is -2.44. The van der Waals surface area contributed by atoms with E-state index in [-0.39, 0.29) is 23.9 Å². The third-order valence-corrected chi connectivity index (χ3v) is 5.57. The highest BCUT2D eigenvalue weighted by atomic mass is 32.2. The number of H-pyrrole nitrogens is 1. The molecule has 9 nitrogen and oxygen atoms in total. The summed E-state index contributed by atoms with van der Waals surface area (Å²) in [5.74, 6) is -0.0937. The van der Waals surface area contributed by atoms with Crippen molar-refractivity contribution in [3.63, 3.8) is 0 Å². The van der Waals surface area contributed by atoms with E-state index in [0.29, 0.717) is 13.0 Å². The second kappa shape index (κ2) is 5.77. The molecule has 4 N–H and O–H groups in total. The summed E-state index contributed by atoms with van der Waals surface area (Å²) in [6, 6.07) is 0. The van der Waals surface area contributed by atoms with Crippen LogP contribution in [0.4, 0.5) is 0 Å². The fraction of sp³-hybridized carbons (Fsp3) is 0.667. The van der Waals surface area contributed by atoms with E-state index < -0.39 is 20.2 Å². The summed E-state index contributed by atoms with van der Waals surface area (Å²) in [6.07, 6.45) is 4.00. The van der Waals surface area contributed by atoms with Gasteiger partial charge in [-0.15, -0.1) is 0 Å². The van der Waals surface area contributed by atoms with Gasteiger partial charge in [-0.05, 0) is 18.8 Å². The van der Waals surface area contributed by atoms with Crippen LogP contribution < -0.4 is 9.86 Å². The molecule has 0 aliphatic carbocycles. The molecule has 1 atom stereocenters. The van der Waals surface area contributed by atoms with Crippen molar-refractivity contribution in [2.45, 2.75) is 17.7 Å². The third-order valence-electron chi connectivity index (χ3n) is 3.17. The Balaban J connectivity index is 2.04. The third kappa shape index (κ3) is 3.76. The Morgan fingerprint density at radius 3 is 2.80 bits per heavy atom. The first-order chi connectivity index (χ1) is 9.29. The van der Waals surface area contributed by atoms with Crippen molar-refractivity contribution < 1.29 is 16.8 Å². The van der Waals surface area contributed by atoms with Crippen LogP contribution in [0.25, 0.3) is 0 Å². The second-order valence-electron chi connectivity index (χ2n) is 4.70. The summed E-state index contributed by atoms with van der Waals surface area (Å²) in [7, 11) is -7.33. The smallest absolute Gasteiger partial charge is 0.274 e. The van der Waals surface area contributed by atoms with Gasteiger partial charge in [0.15, 0.2) is 0 Å². The quantitative estimate of drug-likeness (QED) is 0.612. The Kier molecular flexibility index (Phi) is 4.44. The van der Waals surface area contributed by atoms with Crippen LogP contribution in [0, 0.1) is 5.92 Å². The number of aromatic amines is 1. The van der Waals surface area contributed by atoms with Crippen molar-refractivity contribution in [1.82, 2.24) is 19.2 Å². The highest BCUT2D eigenvalue weighted by Gasteiger charge is 2.31. The minimum absolute atomic E-state index is 0.0937. The van der Waals surface area contributed by atoms with E-state index in [9.17, 15) is 16.8 Å². The minimum Gasteiger partial charge on any atom is -0.284 e. The number of sulfonamides is 1. The number of nitrogens with one attached hydrogen (secondary N) is 2. The van der Waals surface area contributed by atoms with Crippen molar-refractivity contribution in [2.75, 3.05) is 19.6 Å². The standard InChI is InChI=1S/C9H17N5O4S2/c10-20(17,18)13-4-8-2-1-3-14(7-8)19(15,16)9-5-11-12-6-9/h5-6,8,13H,1-4,7H2,(H,11,12)(H2,10,17,18). The molecule has 0 radical (unpaired) electrons. The first kappa shape index (κ1) is 15.4. The van der Waals surface area contributed by atoms with Crippen molar-refractivity contribution >= 4 is 20.2 Å². The van der Waals surface area contributed by atoms with Gasteiger partial charge in [0, 0.05) is 25.8 Å². The van der Waals surface area contributed by atoms with Gasteiger partial charge in [-0.1, -0.05) is 0 Å². The molecule has 1 aromatic heterocycles. The Labute approximate surface area is 117 Å². The van der Waals surface area contributed by atoms with Crippen molar-refractivity contribution in [1.29, 1.82) is 0 Å². The van der Waals surface area contributed by atoms with Gasteiger partial charge < -0.3 is 0 Å². The zero-order chi connectivity index (χ0) is 14.8. The van der Waals surface area contributed by atoms with Crippen molar-refractivity contribution in [3.8, 4) is 0 Å². The van der Waals surface area contributed by atoms with E-state index in [1.165, 1.54) is 16.7 Å². The number of aromatic nitrogens is 2. The lowest BCUT2D eigenvalue weighted by molar-refractivity contribution is 0.267. The van der Waals surface area contributed by atoms with Crippen LogP contribution in [0.2, 0.25) is 0 Å². The predicted octanol–water partition coefficient (Wildman–Crippen LogP) is -1.40. The monoisotopic (exact) mass is 323 g/mol. The molecule has 20 heavy (non-hydrogen) atoms. The number of nitrogens with two attached hydrogens (primary N) is 1. The molecule has 0 amide bonds. The van der Waals surface area contributed by atoms with E-state index in [0.717, 1.165) is 6.42 Å². The van der Waals surface area contributed by atoms with Gasteiger partial charge in [0.1, 0.15) is 4.90 Å². The highest BCUT2D eigenvalue weighted by Crippen LogP contribution is 2.22. The molecule has 2 heterocycles. The molecule has 114 valence electrons. The Hall–Kier alpha value is -1.01. The summed E-state index contributed by atoms with van der Waals surface area (Å²) in [6.45, 7) is 0.811. The van der Waals surface area contributed by atoms with Crippen LogP contribution in [-0.4, -0.2) is 51.0 Å². The molecular formula is C9H17N5O4S2. The van der Waals surface area contributed by atoms with Gasteiger partial charge in [0.25, 0.3) is 10.2 Å². The summed E-state index contributed by atoms with van der Waals surface area (Å²) in [4.78, 5) is 0.109. The Morgan fingerprint density at radius 2 is 2.20 bits per heavy atom. The molecule has 1 unspecified atom stereocenters. The van der Waals surface area contributed by atoms with E-state index in [4.69, 9.17) is 5.14 Å². The van der Waals surface area contributed by atoms with Crippen LogP contribution in [0.15, 0.2) is 17.3 Å². The fourth-order valence-corrected chi connectivity index (χ4v) is 4.11. The highest BCUT2D eigenvalue weighted by molar-refractivity contribution is 7.89.